The van der Waals surface area contributed by atoms with Crippen LogP contribution < -0.4 is 5.32 Å². The van der Waals surface area contributed by atoms with Crippen LogP contribution in [0.4, 0.5) is 5.69 Å². The summed E-state index contributed by atoms with van der Waals surface area (Å²) in [6, 6.07) is 14.1. The lowest BCUT2D eigenvalue weighted by Gasteiger charge is -2.32. The number of halogens is 1. The third-order valence-corrected chi connectivity index (χ3v) is 5.22. The van der Waals surface area contributed by atoms with Gasteiger partial charge in [-0.25, -0.2) is 0 Å². The van der Waals surface area contributed by atoms with Crippen molar-refractivity contribution in [3.63, 3.8) is 0 Å². The van der Waals surface area contributed by atoms with Gasteiger partial charge in [-0.1, -0.05) is 41.9 Å². The molecule has 1 saturated heterocycles. The number of aryl methyl sites for hydroxylation is 2. The minimum atomic E-state index is 0.0242. The Hall–Kier alpha value is -1.84. The maximum Gasteiger partial charge on any atom is 0.228 e. The molecule has 3 rings (SSSR count). The summed E-state index contributed by atoms with van der Waals surface area (Å²) in [6.07, 6.45) is 1.99. The summed E-state index contributed by atoms with van der Waals surface area (Å²) in [6.45, 7) is 6.89. The second-order valence-corrected chi connectivity index (χ2v) is 7.39. The first kappa shape index (κ1) is 18.0. The fraction of sp³-hybridized carbons (Fsp3) is 0.381. The first-order chi connectivity index (χ1) is 12.0. The Balaban J connectivity index is 1.63. The van der Waals surface area contributed by atoms with Crippen LogP contribution in [0.3, 0.4) is 0 Å². The van der Waals surface area contributed by atoms with E-state index in [4.69, 9.17) is 11.6 Å². The lowest BCUT2D eigenvalue weighted by atomic mass is 9.96. The van der Waals surface area contributed by atoms with Gasteiger partial charge in [0, 0.05) is 23.8 Å². The van der Waals surface area contributed by atoms with E-state index in [1.54, 1.807) is 0 Å². The highest BCUT2D eigenvalue weighted by atomic mass is 35.5. The average Bonchev–Trinajstić information content (AvgIpc) is 2.60. The van der Waals surface area contributed by atoms with Crippen molar-refractivity contribution in [2.24, 2.45) is 5.92 Å². The van der Waals surface area contributed by atoms with Gasteiger partial charge in [0.25, 0.3) is 0 Å². The topological polar surface area (TPSA) is 32.3 Å². The normalized spacial score (nSPS) is 18.1. The fourth-order valence-electron chi connectivity index (χ4n) is 3.41. The van der Waals surface area contributed by atoms with Crippen LogP contribution in [0.2, 0.25) is 5.02 Å². The predicted molar refractivity (Wildman–Crippen MR) is 104 cm³/mol. The average molecular weight is 357 g/mol. The molecular weight excluding hydrogens is 332 g/mol. The molecule has 2 aromatic rings. The van der Waals surface area contributed by atoms with E-state index < -0.39 is 0 Å². The fourth-order valence-corrected chi connectivity index (χ4v) is 3.58. The molecule has 132 valence electrons. The molecule has 1 N–H and O–H groups in total. The van der Waals surface area contributed by atoms with Crippen LogP contribution in [0.25, 0.3) is 0 Å². The van der Waals surface area contributed by atoms with Gasteiger partial charge >= 0.3 is 0 Å². The van der Waals surface area contributed by atoms with Crippen molar-refractivity contribution < 1.29 is 4.79 Å². The monoisotopic (exact) mass is 356 g/mol. The number of carbonyl (C=O) groups excluding carboxylic acids is 1. The molecule has 25 heavy (non-hydrogen) atoms. The Labute approximate surface area is 155 Å². The summed E-state index contributed by atoms with van der Waals surface area (Å²) in [5.74, 6) is 0.121. The molecule has 2 aromatic carbocycles. The second-order valence-electron chi connectivity index (χ2n) is 6.95. The van der Waals surface area contributed by atoms with Crippen LogP contribution in [0, 0.1) is 19.8 Å². The van der Waals surface area contributed by atoms with Crippen LogP contribution >= 0.6 is 11.6 Å². The Morgan fingerprint density at radius 2 is 2.00 bits per heavy atom. The van der Waals surface area contributed by atoms with Gasteiger partial charge in [-0.3, -0.25) is 9.69 Å². The molecule has 0 aromatic heterocycles. The van der Waals surface area contributed by atoms with Gasteiger partial charge in [0.05, 0.1) is 5.92 Å². The molecule has 1 fully saturated rings. The number of hydrogen-bond donors (Lipinski definition) is 1. The number of carbonyl (C=O) groups is 1. The molecule has 0 saturated carbocycles. The van der Waals surface area contributed by atoms with E-state index >= 15 is 0 Å². The first-order valence-corrected chi connectivity index (χ1v) is 9.24. The number of anilines is 1. The Bertz CT molecular complexity index is 759. The van der Waals surface area contributed by atoms with E-state index in [-0.39, 0.29) is 11.8 Å². The van der Waals surface area contributed by atoms with Gasteiger partial charge < -0.3 is 5.32 Å². The van der Waals surface area contributed by atoms with E-state index in [0.717, 1.165) is 43.7 Å². The van der Waals surface area contributed by atoms with Crippen LogP contribution in [0.15, 0.2) is 42.5 Å². The molecule has 4 heteroatoms. The van der Waals surface area contributed by atoms with Gasteiger partial charge in [0.15, 0.2) is 0 Å². The number of likely N-dealkylation sites (tertiary alicyclic amines) is 1. The van der Waals surface area contributed by atoms with Crippen molar-refractivity contribution in [1.82, 2.24) is 4.90 Å². The minimum absolute atomic E-state index is 0.0242. The second kappa shape index (κ2) is 8.03. The number of nitrogens with zero attached hydrogens (tertiary/aromatic N) is 1. The molecular formula is C21H25ClN2O. The van der Waals surface area contributed by atoms with Crippen LogP contribution in [0.1, 0.15) is 29.5 Å². The largest absolute Gasteiger partial charge is 0.326 e. The van der Waals surface area contributed by atoms with E-state index in [1.165, 1.54) is 11.1 Å². The van der Waals surface area contributed by atoms with Crippen molar-refractivity contribution in [2.75, 3.05) is 18.4 Å². The van der Waals surface area contributed by atoms with Crippen molar-refractivity contribution in [1.29, 1.82) is 0 Å². The standard InChI is InChI=1S/C21H25ClN2O/c1-15-6-3-4-7-17(15)13-24-11-5-8-18(14-24)21(25)23-20-12-19(22)10-9-16(20)2/h3-4,6-7,9-10,12,18H,5,8,11,13-14H2,1-2H3,(H,23,25). The molecule has 1 aliphatic heterocycles. The number of amides is 1. The van der Waals surface area contributed by atoms with E-state index in [1.807, 2.05) is 25.1 Å². The molecule has 0 radical (unpaired) electrons. The van der Waals surface area contributed by atoms with Gasteiger partial charge in [-0.15, -0.1) is 0 Å². The zero-order chi connectivity index (χ0) is 17.8. The molecule has 1 unspecified atom stereocenters. The molecule has 1 amide bonds. The third-order valence-electron chi connectivity index (χ3n) is 4.99. The van der Waals surface area contributed by atoms with Gasteiger partial charge in [0.1, 0.15) is 0 Å². The summed E-state index contributed by atoms with van der Waals surface area (Å²) in [4.78, 5) is 15.1. The predicted octanol–water partition coefficient (Wildman–Crippen LogP) is 4.81. The highest BCUT2D eigenvalue weighted by Crippen LogP contribution is 2.24. The third kappa shape index (κ3) is 4.62. The Morgan fingerprint density at radius 3 is 2.80 bits per heavy atom. The van der Waals surface area contributed by atoms with Gasteiger partial charge in [-0.05, 0) is 62.1 Å². The van der Waals surface area contributed by atoms with Crippen LogP contribution in [0.5, 0.6) is 0 Å². The lowest BCUT2D eigenvalue weighted by Crippen LogP contribution is -2.40. The quantitative estimate of drug-likeness (QED) is 0.852. The van der Waals surface area contributed by atoms with E-state index in [2.05, 4.69) is 41.4 Å². The molecule has 1 aliphatic rings. The smallest absolute Gasteiger partial charge is 0.228 e. The highest BCUT2D eigenvalue weighted by Gasteiger charge is 2.26. The van der Waals surface area contributed by atoms with Crippen LogP contribution in [-0.4, -0.2) is 23.9 Å². The summed E-state index contributed by atoms with van der Waals surface area (Å²) < 4.78 is 0. The summed E-state index contributed by atoms with van der Waals surface area (Å²) in [7, 11) is 0. The maximum atomic E-state index is 12.7. The van der Waals surface area contributed by atoms with E-state index in [9.17, 15) is 4.79 Å². The zero-order valence-corrected chi connectivity index (χ0v) is 15.6. The number of piperidine rings is 1. The summed E-state index contributed by atoms with van der Waals surface area (Å²) >= 11 is 6.05. The lowest BCUT2D eigenvalue weighted by molar-refractivity contribution is -0.121. The van der Waals surface area contributed by atoms with Crippen molar-refractivity contribution >= 4 is 23.2 Å². The first-order valence-electron chi connectivity index (χ1n) is 8.87. The summed E-state index contributed by atoms with van der Waals surface area (Å²) in [5, 5.41) is 3.71. The number of hydrogen-bond acceptors (Lipinski definition) is 2. The molecule has 3 nitrogen and oxygen atoms in total. The SMILES string of the molecule is Cc1ccccc1CN1CCCC(C(=O)Nc2cc(Cl)ccc2C)C1. The van der Waals surface area contributed by atoms with Crippen LogP contribution in [-0.2, 0) is 11.3 Å². The molecule has 0 bridgehead atoms. The Morgan fingerprint density at radius 1 is 1.20 bits per heavy atom. The molecule has 1 atom stereocenters. The minimum Gasteiger partial charge on any atom is -0.326 e. The molecule has 0 spiro atoms. The highest BCUT2D eigenvalue weighted by molar-refractivity contribution is 6.31. The number of benzene rings is 2. The molecule has 0 aliphatic carbocycles. The number of nitrogens with one attached hydrogen (secondary N) is 1. The number of rotatable bonds is 4. The Kier molecular flexibility index (Phi) is 5.77. The maximum absolute atomic E-state index is 12.7. The van der Waals surface area contributed by atoms with E-state index in [0.29, 0.717) is 5.02 Å². The van der Waals surface area contributed by atoms with Gasteiger partial charge in [-0.2, -0.15) is 0 Å². The van der Waals surface area contributed by atoms with Gasteiger partial charge in [0.2, 0.25) is 5.91 Å². The zero-order valence-electron chi connectivity index (χ0n) is 14.9. The van der Waals surface area contributed by atoms with Crippen molar-refractivity contribution in [3.05, 3.63) is 64.2 Å². The summed E-state index contributed by atoms with van der Waals surface area (Å²) in [5.41, 5.74) is 4.50. The van der Waals surface area contributed by atoms with Crippen molar-refractivity contribution in [2.45, 2.75) is 33.2 Å². The van der Waals surface area contributed by atoms with Crippen molar-refractivity contribution in [3.8, 4) is 0 Å². The molecule has 1 heterocycles.